The second-order valence-electron chi connectivity index (χ2n) is 2.35. The first kappa shape index (κ1) is 8.76. The average Bonchev–Trinajstić information content (AvgIpc) is 2.14. The van der Waals surface area contributed by atoms with Gasteiger partial charge in [-0.15, -0.1) is 5.92 Å². The van der Waals surface area contributed by atoms with Crippen molar-refractivity contribution in [3.8, 4) is 11.8 Å². The van der Waals surface area contributed by atoms with Crippen LogP contribution in [0.25, 0.3) is 0 Å². The minimum absolute atomic E-state index is 0.729. The zero-order valence-electron chi connectivity index (χ0n) is 7.17. The summed E-state index contributed by atoms with van der Waals surface area (Å²) in [4.78, 5) is 4.17. The number of pyridine rings is 1. The van der Waals surface area contributed by atoms with Crippen LogP contribution < -0.4 is 5.32 Å². The molecule has 0 aliphatic rings. The molecule has 0 atom stereocenters. The van der Waals surface area contributed by atoms with Gasteiger partial charge in [-0.1, -0.05) is 12.0 Å². The van der Waals surface area contributed by atoms with Gasteiger partial charge in [0.2, 0.25) is 0 Å². The maximum absolute atomic E-state index is 4.17. The van der Waals surface area contributed by atoms with E-state index < -0.39 is 0 Å². The summed E-state index contributed by atoms with van der Waals surface area (Å²) in [5, 5.41) is 3.17. The van der Waals surface area contributed by atoms with E-state index in [4.69, 9.17) is 0 Å². The van der Waals surface area contributed by atoms with E-state index in [0.717, 1.165) is 18.8 Å². The molecule has 1 aromatic heterocycles. The fourth-order valence-electron chi connectivity index (χ4n) is 0.844. The van der Waals surface area contributed by atoms with Crippen LogP contribution >= 0.6 is 0 Å². The SMILES string of the molecule is CC#CCNCc1ccccn1. The smallest absolute Gasteiger partial charge is 0.0579 e. The van der Waals surface area contributed by atoms with Crippen molar-refractivity contribution in [2.75, 3.05) is 6.54 Å². The molecule has 0 aromatic carbocycles. The number of rotatable bonds is 3. The molecule has 0 unspecified atom stereocenters. The molecule has 0 bridgehead atoms. The highest BCUT2D eigenvalue weighted by molar-refractivity contribution is 5.04. The summed E-state index contributed by atoms with van der Waals surface area (Å²) in [5.41, 5.74) is 1.05. The van der Waals surface area contributed by atoms with E-state index in [1.807, 2.05) is 25.1 Å². The largest absolute Gasteiger partial charge is 0.301 e. The Morgan fingerprint density at radius 1 is 1.50 bits per heavy atom. The molecule has 0 saturated carbocycles. The number of nitrogens with zero attached hydrogens (tertiary/aromatic N) is 1. The van der Waals surface area contributed by atoms with Gasteiger partial charge in [-0.05, 0) is 19.1 Å². The summed E-state index contributed by atoms with van der Waals surface area (Å²) >= 11 is 0. The van der Waals surface area contributed by atoms with E-state index in [1.165, 1.54) is 0 Å². The fourth-order valence-corrected chi connectivity index (χ4v) is 0.844. The van der Waals surface area contributed by atoms with Crippen LogP contribution in [0.1, 0.15) is 12.6 Å². The molecule has 1 heterocycles. The second-order valence-corrected chi connectivity index (χ2v) is 2.35. The molecule has 2 nitrogen and oxygen atoms in total. The topological polar surface area (TPSA) is 24.9 Å². The van der Waals surface area contributed by atoms with Gasteiger partial charge in [-0.2, -0.15) is 0 Å². The van der Waals surface area contributed by atoms with Crippen LogP contribution in [-0.4, -0.2) is 11.5 Å². The lowest BCUT2D eigenvalue weighted by molar-refractivity contribution is 0.749. The number of hydrogen-bond acceptors (Lipinski definition) is 2. The highest BCUT2D eigenvalue weighted by Gasteiger charge is 1.88. The van der Waals surface area contributed by atoms with Crippen molar-refractivity contribution >= 4 is 0 Å². The van der Waals surface area contributed by atoms with E-state index >= 15 is 0 Å². The Balaban J connectivity index is 2.27. The zero-order chi connectivity index (χ0) is 8.65. The molecule has 0 saturated heterocycles. The van der Waals surface area contributed by atoms with Crippen LogP contribution in [0.4, 0.5) is 0 Å². The summed E-state index contributed by atoms with van der Waals surface area (Å²) in [6, 6.07) is 5.89. The molecule has 0 aliphatic heterocycles. The molecule has 1 N–H and O–H groups in total. The van der Waals surface area contributed by atoms with Crippen molar-refractivity contribution in [1.82, 2.24) is 10.3 Å². The van der Waals surface area contributed by atoms with Gasteiger partial charge in [0.1, 0.15) is 0 Å². The van der Waals surface area contributed by atoms with E-state index in [1.54, 1.807) is 6.20 Å². The summed E-state index contributed by atoms with van der Waals surface area (Å²) in [5.74, 6) is 5.75. The maximum atomic E-state index is 4.17. The molecular weight excluding hydrogens is 148 g/mol. The molecule has 0 amide bonds. The van der Waals surface area contributed by atoms with Crippen LogP contribution in [0.15, 0.2) is 24.4 Å². The van der Waals surface area contributed by atoms with E-state index in [9.17, 15) is 0 Å². The standard InChI is InChI=1S/C10H12N2/c1-2-3-7-11-9-10-6-4-5-8-12-10/h4-6,8,11H,7,9H2,1H3. The third-order valence-electron chi connectivity index (χ3n) is 1.42. The first-order chi connectivity index (χ1) is 5.93. The number of nitrogens with one attached hydrogen (secondary N) is 1. The normalized spacial score (nSPS) is 8.75. The van der Waals surface area contributed by atoms with Gasteiger partial charge in [-0.3, -0.25) is 4.98 Å². The number of aromatic nitrogens is 1. The van der Waals surface area contributed by atoms with Crippen LogP contribution in [0, 0.1) is 11.8 Å². The summed E-state index contributed by atoms with van der Waals surface area (Å²) in [6.45, 7) is 3.35. The van der Waals surface area contributed by atoms with E-state index in [0.29, 0.717) is 0 Å². The van der Waals surface area contributed by atoms with Gasteiger partial charge < -0.3 is 5.32 Å². The van der Waals surface area contributed by atoms with Crippen LogP contribution in [0.3, 0.4) is 0 Å². The van der Waals surface area contributed by atoms with Crippen molar-refractivity contribution in [3.05, 3.63) is 30.1 Å². The Kier molecular flexibility index (Phi) is 3.90. The molecule has 0 radical (unpaired) electrons. The van der Waals surface area contributed by atoms with E-state index in [2.05, 4.69) is 22.1 Å². The lowest BCUT2D eigenvalue weighted by Crippen LogP contribution is -2.13. The molecule has 2 heteroatoms. The quantitative estimate of drug-likeness (QED) is 0.530. The first-order valence-corrected chi connectivity index (χ1v) is 3.93. The first-order valence-electron chi connectivity index (χ1n) is 3.93. The van der Waals surface area contributed by atoms with Gasteiger partial charge in [0, 0.05) is 12.7 Å². The summed E-state index contributed by atoms with van der Waals surface area (Å²) < 4.78 is 0. The molecule has 1 rings (SSSR count). The molecular formula is C10H12N2. The lowest BCUT2D eigenvalue weighted by Gasteiger charge is -1.98. The van der Waals surface area contributed by atoms with Crippen LogP contribution in [-0.2, 0) is 6.54 Å². The average molecular weight is 160 g/mol. The molecule has 1 aromatic rings. The molecule has 0 fully saturated rings. The van der Waals surface area contributed by atoms with Crippen LogP contribution in [0.2, 0.25) is 0 Å². The Hall–Kier alpha value is -1.33. The number of hydrogen-bond donors (Lipinski definition) is 1. The summed E-state index contributed by atoms with van der Waals surface area (Å²) in [6.07, 6.45) is 1.79. The Morgan fingerprint density at radius 3 is 3.08 bits per heavy atom. The predicted octanol–water partition coefficient (Wildman–Crippen LogP) is 1.19. The Morgan fingerprint density at radius 2 is 2.42 bits per heavy atom. The monoisotopic (exact) mass is 160 g/mol. The molecule has 12 heavy (non-hydrogen) atoms. The van der Waals surface area contributed by atoms with Crippen molar-refractivity contribution < 1.29 is 0 Å². The second kappa shape index (κ2) is 5.34. The van der Waals surface area contributed by atoms with Gasteiger partial charge in [0.15, 0.2) is 0 Å². The van der Waals surface area contributed by atoms with Crippen molar-refractivity contribution in [1.29, 1.82) is 0 Å². The minimum atomic E-state index is 0.729. The van der Waals surface area contributed by atoms with Crippen LogP contribution in [0.5, 0.6) is 0 Å². The van der Waals surface area contributed by atoms with Gasteiger partial charge in [0.05, 0.1) is 12.2 Å². The summed E-state index contributed by atoms with van der Waals surface area (Å²) in [7, 11) is 0. The molecule has 62 valence electrons. The third-order valence-corrected chi connectivity index (χ3v) is 1.42. The zero-order valence-corrected chi connectivity index (χ0v) is 7.17. The fraction of sp³-hybridized carbons (Fsp3) is 0.300. The predicted molar refractivity (Wildman–Crippen MR) is 49.4 cm³/mol. The Bertz CT molecular complexity index is 269. The van der Waals surface area contributed by atoms with Crippen molar-refractivity contribution in [3.63, 3.8) is 0 Å². The highest BCUT2D eigenvalue weighted by atomic mass is 14.9. The van der Waals surface area contributed by atoms with Crippen molar-refractivity contribution in [2.24, 2.45) is 0 Å². The van der Waals surface area contributed by atoms with Gasteiger partial charge >= 0.3 is 0 Å². The van der Waals surface area contributed by atoms with Gasteiger partial charge in [0.25, 0.3) is 0 Å². The van der Waals surface area contributed by atoms with Crippen molar-refractivity contribution in [2.45, 2.75) is 13.5 Å². The molecule has 0 aliphatic carbocycles. The lowest BCUT2D eigenvalue weighted by atomic mass is 10.3. The Labute approximate surface area is 73.0 Å². The third kappa shape index (κ3) is 3.18. The van der Waals surface area contributed by atoms with E-state index in [-0.39, 0.29) is 0 Å². The van der Waals surface area contributed by atoms with Gasteiger partial charge in [-0.25, -0.2) is 0 Å². The minimum Gasteiger partial charge on any atom is -0.301 e. The maximum Gasteiger partial charge on any atom is 0.0579 e. The highest BCUT2D eigenvalue weighted by Crippen LogP contribution is 1.90. The molecule has 0 spiro atoms.